The highest BCUT2D eigenvalue weighted by Gasteiger charge is 2.62. The lowest BCUT2D eigenvalue weighted by Crippen LogP contribution is -2.08. The first-order valence-corrected chi connectivity index (χ1v) is 4.89. The number of hydrogen-bond acceptors (Lipinski definition) is 1. The molecule has 2 heteroatoms. The first kappa shape index (κ1) is 10.6. The molecule has 0 bridgehead atoms. The Labute approximate surface area is 80.3 Å². The lowest BCUT2D eigenvalue weighted by Gasteiger charge is -2.18. The van der Waals surface area contributed by atoms with Gasteiger partial charge in [-0.3, -0.25) is 4.79 Å². The molecule has 0 aromatic heterocycles. The summed E-state index contributed by atoms with van der Waals surface area (Å²) >= 11 is 0. The van der Waals surface area contributed by atoms with E-state index in [9.17, 15) is 4.79 Å². The lowest BCUT2D eigenvalue weighted by atomic mass is 9.87. The Bertz CT molecular complexity index is 223. The zero-order valence-electron chi connectivity index (χ0n) is 9.22. The minimum Gasteiger partial charge on any atom is -0.481 e. The molecular weight excluding hydrogens is 164 g/mol. The minimum atomic E-state index is -0.626. The first-order chi connectivity index (χ1) is 5.66. The van der Waals surface area contributed by atoms with Crippen LogP contribution in [0.4, 0.5) is 0 Å². The van der Waals surface area contributed by atoms with Crippen LogP contribution in [0.5, 0.6) is 0 Å². The van der Waals surface area contributed by atoms with Crippen molar-refractivity contribution in [2.75, 3.05) is 0 Å². The molecule has 2 nitrogen and oxygen atoms in total. The smallest absolute Gasteiger partial charge is 0.307 e. The Kier molecular flexibility index (Phi) is 2.21. The van der Waals surface area contributed by atoms with Gasteiger partial charge in [0.1, 0.15) is 0 Å². The molecule has 2 atom stereocenters. The van der Waals surface area contributed by atoms with Crippen molar-refractivity contribution in [3.8, 4) is 0 Å². The molecule has 1 rings (SSSR count). The van der Waals surface area contributed by atoms with Gasteiger partial charge in [0.25, 0.3) is 0 Å². The molecule has 0 radical (unpaired) electrons. The summed E-state index contributed by atoms with van der Waals surface area (Å²) in [7, 11) is 0. The third-order valence-corrected chi connectivity index (χ3v) is 3.15. The van der Waals surface area contributed by atoms with E-state index in [-0.39, 0.29) is 16.7 Å². The van der Waals surface area contributed by atoms with E-state index in [0.29, 0.717) is 5.92 Å². The maximum absolute atomic E-state index is 10.9. The summed E-state index contributed by atoms with van der Waals surface area (Å²) in [5.74, 6) is -0.379. The number of rotatable bonds is 2. The zero-order chi connectivity index (χ0) is 10.4. The summed E-state index contributed by atoms with van der Waals surface area (Å²) in [6.07, 6.45) is 1.01. The monoisotopic (exact) mass is 184 g/mol. The normalized spacial score (nSPS) is 31.5. The molecule has 13 heavy (non-hydrogen) atoms. The van der Waals surface area contributed by atoms with Crippen LogP contribution in [-0.2, 0) is 4.79 Å². The molecule has 1 fully saturated rings. The Morgan fingerprint density at radius 3 is 2.08 bits per heavy atom. The van der Waals surface area contributed by atoms with Crippen LogP contribution >= 0.6 is 0 Å². The Morgan fingerprint density at radius 1 is 1.38 bits per heavy atom. The predicted octanol–water partition coefficient (Wildman–Crippen LogP) is 2.78. The molecule has 1 aliphatic rings. The van der Waals surface area contributed by atoms with Gasteiger partial charge in [-0.25, -0.2) is 0 Å². The van der Waals surface area contributed by atoms with E-state index in [1.54, 1.807) is 0 Å². The van der Waals surface area contributed by atoms with Crippen LogP contribution in [-0.4, -0.2) is 11.1 Å². The van der Waals surface area contributed by atoms with Gasteiger partial charge in [0.2, 0.25) is 0 Å². The third kappa shape index (κ3) is 2.04. The van der Waals surface area contributed by atoms with E-state index in [4.69, 9.17) is 5.11 Å². The number of hydrogen-bond donors (Lipinski definition) is 1. The summed E-state index contributed by atoms with van der Waals surface area (Å²) in [6, 6.07) is 0. The predicted molar refractivity (Wildman–Crippen MR) is 52.5 cm³/mol. The van der Waals surface area contributed by atoms with E-state index in [1.807, 2.05) is 0 Å². The van der Waals surface area contributed by atoms with Crippen molar-refractivity contribution >= 4 is 5.97 Å². The highest BCUT2D eigenvalue weighted by molar-refractivity contribution is 5.75. The molecule has 0 aliphatic heterocycles. The van der Waals surface area contributed by atoms with Gasteiger partial charge in [-0.05, 0) is 23.2 Å². The van der Waals surface area contributed by atoms with Gasteiger partial charge in [0, 0.05) is 0 Å². The van der Waals surface area contributed by atoms with Crippen molar-refractivity contribution < 1.29 is 9.90 Å². The lowest BCUT2D eigenvalue weighted by molar-refractivity contribution is -0.139. The van der Waals surface area contributed by atoms with Crippen LogP contribution in [0.3, 0.4) is 0 Å². The van der Waals surface area contributed by atoms with Crippen LogP contribution < -0.4 is 0 Å². The van der Waals surface area contributed by atoms with E-state index in [2.05, 4.69) is 34.6 Å². The van der Waals surface area contributed by atoms with Crippen molar-refractivity contribution in [3.63, 3.8) is 0 Å². The highest BCUT2D eigenvalue weighted by atomic mass is 16.4. The molecule has 0 spiro atoms. The molecule has 1 aliphatic carbocycles. The number of carboxylic acid groups (broad SMARTS) is 1. The standard InChI is InChI=1S/C11H20O2/c1-10(2,3)6-7-8(9(12)13)11(7,4)5/h7-8H,6H2,1-5H3,(H,12,13). The fraction of sp³-hybridized carbons (Fsp3) is 0.909. The summed E-state index contributed by atoms with van der Waals surface area (Å²) in [6.45, 7) is 10.6. The van der Waals surface area contributed by atoms with Gasteiger partial charge in [-0.15, -0.1) is 0 Å². The minimum absolute atomic E-state index is 0.0130. The van der Waals surface area contributed by atoms with Gasteiger partial charge in [0.05, 0.1) is 5.92 Å². The molecule has 0 aromatic carbocycles. The maximum atomic E-state index is 10.9. The highest BCUT2D eigenvalue weighted by Crippen LogP contribution is 2.62. The average molecular weight is 184 g/mol. The van der Waals surface area contributed by atoms with Crippen molar-refractivity contribution in [1.29, 1.82) is 0 Å². The van der Waals surface area contributed by atoms with Crippen LogP contribution in [0.2, 0.25) is 0 Å². The SMILES string of the molecule is CC(C)(C)CC1C(C(=O)O)C1(C)C. The Balaban J connectivity index is 2.61. The van der Waals surface area contributed by atoms with E-state index < -0.39 is 5.97 Å². The van der Waals surface area contributed by atoms with Gasteiger partial charge in [-0.2, -0.15) is 0 Å². The second-order valence-electron chi connectivity index (χ2n) is 6.01. The van der Waals surface area contributed by atoms with Crippen molar-refractivity contribution in [1.82, 2.24) is 0 Å². The topological polar surface area (TPSA) is 37.3 Å². The van der Waals surface area contributed by atoms with Crippen LogP contribution in [0.1, 0.15) is 41.0 Å². The fourth-order valence-corrected chi connectivity index (χ4v) is 2.28. The molecule has 0 saturated heterocycles. The quantitative estimate of drug-likeness (QED) is 0.716. The first-order valence-electron chi connectivity index (χ1n) is 4.89. The summed E-state index contributed by atoms with van der Waals surface area (Å²) in [4.78, 5) is 10.9. The zero-order valence-corrected chi connectivity index (χ0v) is 9.22. The number of carbonyl (C=O) groups is 1. The third-order valence-electron chi connectivity index (χ3n) is 3.15. The van der Waals surface area contributed by atoms with Crippen LogP contribution in [0.25, 0.3) is 0 Å². The van der Waals surface area contributed by atoms with Gasteiger partial charge in [0.15, 0.2) is 0 Å². The van der Waals surface area contributed by atoms with Gasteiger partial charge in [-0.1, -0.05) is 34.6 Å². The van der Waals surface area contributed by atoms with Crippen molar-refractivity contribution in [2.45, 2.75) is 41.0 Å². The molecular formula is C11H20O2. The van der Waals surface area contributed by atoms with Crippen molar-refractivity contribution in [3.05, 3.63) is 0 Å². The molecule has 2 unspecified atom stereocenters. The Hall–Kier alpha value is -0.530. The fourth-order valence-electron chi connectivity index (χ4n) is 2.28. The second kappa shape index (κ2) is 2.73. The molecule has 1 N–H and O–H groups in total. The van der Waals surface area contributed by atoms with Gasteiger partial charge >= 0.3 is 5.97 Å². The van der Waals surface area contributed by atoms with Gasteiger partial charge < -0.3 is 5.11 Å². The van der Waals surface area contributed by atoms with Crippen LogP contribution in [0.15, 0.2) is 0 Å². The molecule has 0 amide bonds. The molecule has 0 aromatic rings. The summed E-state index contributed by atoms with van der Waals surface area (Å²) in [5.41, 5.74) is 0.255. The number of carboxylic acids is 1. The van der Waals surface area contributed by atoms with E-state index in [1.165, 1.54) is 0 Å². The Morgan fingerprint density at radius 2 is 1.85 bits per heavy atom. The largest absolute Gasteiger partial charge is 0.481 e. The van der Waals surface area contributed by atoms with Crippen molar-refractivity contribution in [2.24, 2.45) is 22.7 Å². The van der Waals surface area contributed by atoms with E-state index >= 15 is 0 Å². The molecule has 1 saturated carbocycles. The average Bonchev–Trinajstić information content (AvgIpc) is 2.28. The number of aliphatic carboxylic acids is 1. The summed E-state index contributed by atoms with van der Waals surface area (Å²) < 4.78 is 0. The van der Waals surface area contributed by atoms with Crippen LogP contribution in [0, 0.1) is 22.7 Å². The van der Waals surface area contributed by atoms with E-state index in [0.717, 1.165) is 6.42 Å². The molecule has 76 valence electrons. The maximum Gasteiger partial charge on any atom is 0.307 e. The summed E-state index contributed by atoms with van der Waals surface area (Å²) in [5, 5.41) is 8.96. The second-order valence-corrected chi connectivity index (χ2v) is 6.01. The molecule has 0 heterocycles.